The molecule has 0 saturated carbocycles. The van der Waals surface area contributed by atoms with Crippen molar-refractivity contribution in [2.24, 2.45) is 0 Å². The monoisotopic (exact) mass is 263 g/mol. The predicted octanol–water partition coefficient (Wildman–Crippen LogP) is 1.52. The Hall–Kier alpha value is -2.08. The largest absolute Gasteiger partial charge is 0.493 e. The Labute approximate surface area is 111 Å². The molecule has 1 aromatic carbocycles. The molecule has 0 aliphatic heterocycles. The third-order valence-corrected chi connectivity index (χ3v) is 2.70. The fourth-order valence-electron chi connectivity index (χ4n) is 1.76. The summed E-state index contributed by atoms with van der Waals surface area (Å²) >= 11 is 0. The Kier molecular flexibility index (Phi) is 4.35. The van der Waals surface area contributed by atoms with Crippen molar-refractivity contribution in [2.45, 2.75) is 6.42 Å². The zero-order chi connectivity index (χ0) is 13.7. The Bertz CT molecular complexity index is 540. The maximum absolute atomic E-state index is 5.35. The van der Waals surface area contributed by atoms with Gasteiger partial charge in [0.15, 0.2) is 17.3 Å². The highest BCUT2D eigenvalue weighted by molar-refractivity contribution is 5.67. The molecule has 2 aromatic rings. The molecule has 6 nitrogen and oxygen atoms in total. The van der Waals surface area contributed by atoms with E-state index < -0.39 is 0 Å². The lowest BCUT2D eigenvalue weighted by Crippen LogP contribution is -2.11. The molecule has 1 heterocycles. The third-order valence-electron chi connectivity index (χ3n) is 2.70. The van der Waals surface area contributed by atoms with Crippen LogP contribution in [0.1, 0.15) is 5.82 Å². The van der Waals surface area contributed by atoms with Gasteiger partial charge >= 0.3 is 0 Å². The first kappa shape index (κ1) is 13.4. The van der Waals surface area contributed by atoms with Crippen LogP contribution < -0.4 is 14.8 Å². The molecule has 0 bridgehead atoms. The van der Waals surface area contributed by atoms with Crippen molar-refractivity contribution in [1.82, 2.24) is 15.5 Å². The summed E-state index contributed by atoms with van der Waals surface area (Å²) in [6.45, 7) is 0.800. The van der Waals surface area contributed by atoms with Gasteiger partial charge in [-0.15, -0.1) is 0 Å². The zero-order valence-corrected chi connectivity index (χ0v) is 11.3. The Morgan fingerprint density at radius 3 is 2.79 bits per heavy atom. The first-order chi connectivity index (χ1) is 9.30. The number of nitrogens with zero attached hydrogens (tertiary/aromatic N) is 2. The summed E-state index contributed by atoms with van der Waals surface area (Å²) in [7, 11) is 5.06. The molecule has 0 saturated heterocycles. The zero-order valence-electron chi connectivity index (χ0n) is 11.3. The molecule has 6 heteroatoms. The van der Waals surface area contributed by atoms with E-state index >= 15 is 0 Å². The van der Waals surface area contributed by atoms with Gasteiger partial charge < -0.3 is 19.3 Å². The van der Waals surface area contributed by atoms with Crippen molar-refractivity contribution in [3.8, 4) is 23.0 Å². The van der Waals surface area contributed by atoms with E-state index in [0.29, 0.717) is 29.6 Å². The van der Waals surface area contributed by atoms with Crippen LogP contribution in [0.15, 0.2) is 22.7 Å². The molecule has 0 atom stereocenters. The average molecular weight is 263 g/mol. The molecule has 0 aliphatic rings. The van der Waals surface area contributed by atoms with Crippen LogP contribution >= 0.6 is 0 Å². The minimum absolute atomic E-state index is 0.432. The van der Waals surface area contributed by atoms with E-state index in [0.717, 1.165) is 12.1 Å². The van der Waals surface area contributed by atoms with Gasteiger partial charge in [-0.25, -0.2) is 0 Å². The Morgan fingerprint density at radius 2 is 2.11 bits per heavy atom. The summed E-state index contributed by atoms with van der Waals surface area (Å²) < 4.78 is 15.9. The maximum atomic E-state index is 5.35. The number of likely N-dealkylation sites (N-methyl/N-ethyl adjacent to an activating group) is 1. The minimum Gasteiger partial charge on any atom is -0.493 e. The van der Waals surface area contributed by atoms with Gasteiger partial charge in [-0.3, -0.25) is 0 Å². The van der Waals surface area contributed by atoms with E-state index in [1.54, 1.807) is 14.2 Å². The van der Waals surface area contributed by atoms with Crippen molar-refractivity contribution in [3.63, 3.8) is 0 Å². The first-order valence-electron chi connectivity index (χ1n) is 5.98. The third kappa shape index (κ3) is 2.85. The summed E-state index contributed by atoms with van der Waals surface area (Å²) in [5.74, 6) is 2.32. The molecule has 0 aliphatic carbocycles. The van der Waals surface area contributed by atoms with Crippen LogP contribution in [0.5, 0.6) is 11.5 Å². The minimum atomic E-state index is 0.432. The summed E-state index contributed by atoms with van der Waals surface area (Å²) in [6.07, 6.45) is 0.715. The quantitative estimate of drug-likeness (QED) is 0.852. The molecule has 0 fully saturated rings. The number of hydrogen-bond donors (Lipinski definition) is 1. The molecule has 0 spiro atoms. The number of hydrogen-bond acceptors (Lipinski definition) is 6. The van der Waals surface area contributed by atoms with Crippen LogP contribution in [0.25, 0.3) is 11.5 Å². The summed E-state index contributed by atoms with van der Waals surface area (Å²) in [6, 6.07) is 5.53. The molecule has 0 unspecified atom stereocenters. The second kappa shape index (κ2) is 6.19. The lowest BCUT2D eigenvalue weighted by Gasteiger charge is -2.09. The average Bonchev–Trinajstić information content (AvgIpc) is 2.92. The Morgan fingerprint density at radius 1 is 1.26 bits per heavy atom. The number of methoxy groups -OCH3 is 2. The lowest BCUT2D eigenvalue weighted by molar-refractivity contribution is 0.353. The number of ether oxygens (including phenoxy) is 2. The van der Waals surface area contributed by atoms with Crippen LogP contribution in [0.3, 0.4) is 0 Å². The Balaban J connectivity index is 2.33. The highest BCUT2D eigenvalue weighted by Gasteiger charge is 2.16. The standard InChI is InChI=1S/C13H17N3O3/c1-14-8-7-11-15-13(19-16-11)9-5-4-6-10(17-2)12(9)18-3/h4-6,14H,7-8H2,1-3H3. The van der Waals surface area contributed by atoms with Gasteiger partial charge in [-0.05, 0) is 19.2 Å². The number of para-hydroxylation sites is 1. The number of benzene rings is 1. The molecular formula is C13H17N3O3. The van der Waals surface area contributed by atoms with Gasteiger partial charge in [0.05, 0.1) is 19.8 Å². The molecule has 1 aromatic heterocycles. The molecule has 102 valence electrons. The van der Waals surface area contributed by atoms with Gasteiger partial charge in [-0.1, -0.05) is 11.2 Å². The number of aromatic nitrogens is 2. The first-order valence-corrected chi connectivity index (χ1v) is 5.98. The molecule has 19 heavy (non-hydrogen) atoms. The summed E-state index contributed by atoms with van der Waals surface area (Å²) in [4.78, 5) is 4.35. The van der Waals surface area contributed by atoms with Gasteiger partial charge in [0.2, 0.25) is 0 Å². The fourth-order valence-corrected chi connectivity index (χ4v) is 1.76. The van der Waals surface area contributed by atoms with Crippen LogP contribution in [-0.4, -0.2) is 38.0 Å². The number of rotatable bonds is 6. The van der Waals surface area contributed by atoms with E-state index in [1.165, 1.54) is 0 Å². The molecule has 0 radical (unpaired) electrons. The maximum Gasteiger partial charge on any atom is 0.261 e. The van der Waals surface area contributed by atoms with E-state index in [1.807, 2.05) is 25.2 Å². The second-order valence-electron chi connectivity index (χ2n) is 3.91. The summed E-state index contributed by atoms with van der Waals surface area (Å²) in [5.41, 5.74) is 0.727. The highest BCUT2D eigenvalue weighted by atomic mass is 16.5. The molecule has 0 amide bonds. The van der Waals surface area contributed by atoms with Crippen molar-refractivity contribution >= 4 is 0 Å². The van der Waals surface area contributed by atoms with Crippen molar-refractivity contribution in [3.05, 3.63) is 24.0 Å². The van der Waals surface area contributed by atoms with Gasteiger partial charge in [0.1, 0.15) is 0 Å². The van der Waals surface area contributed by atoms with Gasteiger partial charge in [-0.2, -0.15) is 4.98 Å². The van der Waals surface area contributed by atoms with Crippen LogP contribution in [0, 0.1) is 0 Å². The van der Waals surface area contributed by atoms with Crippen LogP contribution in [0.2, 0.25) is 0 Å². The highest BCUT2D eigenvalue weighted by Crippen LogP contribution is 2.36. The van der Waals surface area contributed by atoms with E-state index in [4.69, 9.17) is 14.0 Å². The van der Waals surface area contributed by atoms with Crippen molar-refractivity contribution < 1.29 is 14.0 Å². The fraction of sp³-hybridized carbons (Fsp3) is 0.385. The second-order valence-corrected chi connectivity index (χ2v) is 3.91. The predicted molar refractivity (Wildman–Crippen MR) is 70.5 cm³/mol. The van der Waals surface area contributed by atoms with Crippen LogP contribution in [-0.2, 0) is 6.42 Å². The van der Waals surface area contributed by atoms with E-state index in [9.17, 15) is 0 Å². The normalized spacial score (nSPS) is 10.5. The SMILES string of the molecule is CNCCc1noc(-c2cccc(OC)c2OC)n1. The van der Waals surface area contributed by atoms with Gasteiger partial charge in [0.25, 0.3) is 5.89 Å². The molecule has 1 N–H and O–H groups in total. The van der Waals surface area contributed by atoms with Gasteiger partial charge in [0, 0.05) is 13.0 Å². The van der Waals surface area contributed by atoms with Crippen LogP contribution in [0.4, 0.5) is 0 Å². The number of nitrogens with one attached hydrogen (secondary N) is 1. The smallest absolute Gasteiger partial charge is 0.261 e. The lowest BCUT2D eigenvalue weighted by atomic mass is 10.2. The molecular weight excluding hydrogens is 246 g/mol. The summed E-state index contributed by atoms with van der Waals surface area (Å²) in [5, 5.41) is 6.98. The topological polar surface area (TPSA) is 69.4 Å². The van der Waals surface area contributed by atoms with E-state index in [-0.39, 0.29) is 0 Å². The molecule has 2 rings (SSSR count). The van der Waals surface area contributed by atoms with Crippen molar-refractivity contribution in [1.29, 1.82) is 0 Å². The van der Waals surface area contributed by atoms with E-state index in [2.05, 4.69) is 15.5 Å². The van der Waals surface area contributed by atoms with Crippen molar-refractivity contribution in [2.75, 3.05) is 27.8 Å².